The van der Waals surface area contributed by atoms with E-state index in [1.807, 2.05) is 17.0 Å². The molecule has 2 aromatic carbocycles. The Labute approximate surface area is 183 Å². The highest BCUT2D eigenvalue weighted by molar-refractivity contribution is 5.82. The minimum Gasteiger partial charge on any atom is -0.484 e. The normalized spacial score (nSPS) is 17.7. The van der Waals surface area contributed by atoms with Crippen molar-refractivity contribution in [2.75, 3.05) is 33.4 Å². The van der Waals surface area contributed by atoms with Crippen LogP contribution in [0, 0.1) is 12.8 Å². The van der Waals surface area contributed by atoms with Gasteiger partial charge in [-0.2, -0.15) is 0 Å². The number of hydrogen-bond donors (Lipinski definition) is 1. The number of hydrogen-bond acceptors (Lipinski definition) is 4. The lowest BCUT2D eigenvalue weighted by Gasteiger charge is -2.38. The number of ether oxygens (including phenoxy) is 2. The fourth-order valence-corrected chi connectivity index (χ4v) is 4.09. The molecule has 1 N–H and O–H groups in total. The third-order valence-corrected chi connectivity index (χ3v) is 5.95. The molecule has 1 aliphatic carbocycles. The Morgan fingerprint density at radius 1 is 1.13 bits per heavy atom. The van der Waals surface area contributed by atoms with Gasteiger partial charge in [0.15, 0.2) is 6.61 Å². The van der Waals surface area contributed by atoms with Gasteiger partial charge in [-0.15, -0.1) is 0 Å². The van der Waals surface area contributed by atoms with Gasteiger partial charge < -0.3 is 19.7 Å². The van der Waals surface area contributed by atoms with Gasteiger partial charge in [-0.05, 0) is 55.0 Å². The number of benzene rings is 2. The summed E-state index contributed by atoms with van der Waals surface area (Å²) < 4.78 is 10.7. The maximum Gasteiger partial charge on any atom is 0.258 e. The molecule has 31 heavy (non-hydrogen) atoms. The molecule has 0 aromatic heterocycles. The van der Waals surface area contributed by atoms with E-state index in [-0.39, 0.29) is 30.4 Å². The van der Waals surface area contributed by atoms with E-state index in [0.29, 0.717) is 18.9 Å². The first-order valence-electron chi connectivity index (χ1n) is 10.9. The van der Waals surface area contributed by atoms with Crippen LogP contribution in [0.1, 0.15) is 41.1 Å². The second kappa shape index (κ2) is 9.52. The third kappa shape index (κ3) is 5.07. The van der Waals surface area contributed by atoms with Crippen molar-refractivity contribution in [3.05, 3.63) is 64.7 Å². The molecular formula is C25H30N2O4. The smallest absolute Gasteiger partial charge is 0.258 e. The van der Waals surface area contributed by atoms with E-state index in [1.165, 1.54) is 11.1 Å². The molecule has 1 saturated carbocycles. The maximum atomic E-state index is 13.1. The summed E-state index contributed by atoms with van der Waals surface area (Å²) in [6.07, 6.45) is 2.81. The molecule has 2 aliphatic rings. The van der Waals surface area contributed by atoms with Gasteiger partial charge in [0, 0.05) is 26.1 Å². The molecule has 6 heteroatoms. The van der Waals surface area contributed by atoms with Crippen molar-refractivity contribution in [2.45, 2.75) is 32.2 Å². The fourth-order valence-electron chi connectivity index (χ4n) is 4.09. The highest BCUT2D eigenvalue weighted by atomic mass is 16.5. The second-order valence-electron chi connectivity index (χ2n) is 8.36. The molecule has 4 rings (SSSR count). The molecule has 1 heterocycles. The molecule has 0 spiro atoms. The molecule has 2 amide bonds. The molecule has 164 valence electrons. The topological polar surface area (TPSA) is 67.9 Å². The number of nitrogens with one attached hydrogen (secondary N) is 1. The van der Waals surface area contributed by atoms with Gasteiger partial charge >= 0.3 is 0 Å². The largest absolute Gasteiger partial charge is 0.484 e. The van der Waals surface area contributed by atoms with E-state index < -0.39 is 0 Å². The Hall–Kier alpha value is -2.86. The van der Waals surface area contributed by atoms with Gasteiger partial charge in [-0.1, -0.05) is 35.9 Å². The summed E-state index contributed by atoms with van der Waals surface area (Å²) in [5, 5.41) is 2.76. The van der Waals surface area contributed by atoms with Crippen LogP contribution in [0.15, 0.2) is 42.5 Å². The quantitative estimate of drug-likeness (QED) is 0.664. The Kier molecular flexibility index (Phi) is 6.56. The van der Waals surface area contributed by atoms with Crippen molar-refractivity contribution in [1.82, 2.24) is 10.2 Å². The molecule has 0 radical (unpaired) electrons. The molecule has 1 fully saturated rings. The van der Waals surface area contributed by atoms with Gasteiger partial charge in [0.05, 0.1) is 12.6 Å². The number of aryl methyl sites for hydroxylation is 1. The lowest BCUT2D eigenvalue weighted by molar-refractivity contribution is -0.134. The lowest BCUT2D eigenvalue weighted by Crippen LogP contribution is -2.41. The zero-order valence-corrected chi connectivity index (χ0v) is 18.2. The zero-order valence-electron chi connectivity index (χ0n) is 18.2. The third-order valence-electron chi connectivity index (χ3n) is 5.95. The van der Waals surface area contributed by atoms with Crippen molar-refractivity contribution < 1.29 is 19.1 Å². The van der Waals surface area contributed by atoms with Crippen LogP contribution in [0.25, 0.3) is 0 Å². The van der Waals surface area contributed by atoms with Crippen molar-refractivity contribution in [1.29, 1.82) is 0 Å². The van der Waals surface area contributed by atoms with Crippen LogP contribution in [0.2, 0.25) is 0 Å². The summed E-state index contributed by atoms with van der Waals surface area (Å²) in [6.45, 7) is 3.66. The zero-order chi connectivity index (χ0) is 21.8. The van der Waals surface area contributed by atoms with Crippen LogP contribution in [-0.2, 0) is 20.7 Å². The molecule has 1 aliphatic heterocycles. The van der Waals surface area contributed by atoms with E-state index in [1.54, 1.807) is 7.11 Å². The van der Waals surface area contributed by atoms with Crippen LogP contribution in [0.4, 0.5) is 0 Å². The van der Waals surface area contributed by atoms with Crippen molar-refractivity contribution in [2.24, 2.45) is 5.92 Å². The number of carbonyl (C=O) groups excluding carboxylic acids is 2. The first-order valence-corrected chi connectivity index (χ1v) is 10.9. The first kappa shape index (κ1) is 21.4. The maximum absolute atomic E-state index is 13.1. The first-order chi connectivity index (χ1) is 15.1. The van der Waals surface area contributed by atoms with Crippen molar-refractivity contribution in [3.63, 3.8) is 0 Å². The standard InChI is InChI=1S/C25H30N2O4/c1-17-3-5-19(6-4-17)24-22-15-21(31-16-23(28)26-12-14-30-2)10-9-18(22)11-13-27(24)25(29)20-7-8-20/h3-6,9-10,15,20,24H,7-8,11-14,16H2,1-2H3,(H,26,28). The number of fused-ring (bicyclic) bond motifs is 1. The summed E-state index contributed by atoms with van der Waals surface area (Å²) in [5.41, 5.74) is 4.61. The summed E-state index contributed by atoms with van der Waals surface area (Å²) in [6, 6.07) is 14.2. The number of rotatable bonds is 8. The monoisotopic (exact) mass is 422 g/mol. The Morgan fingerprint density at radius 2 is 1.90 bits per heavy atom. The van der Waals surface area contributed by atoms with Crippen LogP contribution in [0.3, 0.4) is 0 Å². The predicted molar refractivity (Wildman–Crippen MR) is 118 cm³/mol. The Balaban J connectivity index is 1.57. The number of nitrogens with zero attached hydrogens (tertiary/aromatic N) is 1. The minimum absolute atomic E-state index is 0.0532. The second-order valence-corrected chi connectivity index (χ2v) is 8.36. The predicted octanol–water partition coefficient (Wildman–Crippen LogP) is 3.02. The van der Waals surface area contributed by atoms with Crippen LogP contribution in [-0.4, -0.2) is 50.1 Å². The average Bonchev–Trinajstić information content (AvgIpc) is 3.63. The minimum atomic E-state index is -0.185. The lowest BCUT2D eigenvalue weighted by atomic mass is 9.87. The highest BCUT2D eigenvalue weighted by Gasteiger charge is 2.39. The molecule has 0 saturated heterocycles. The number of amides is 2. The molecule has 1 atom stereocenters. The highest BCUT2D eigenvalue weighted by Crippen LogP contribution is 2.41. The Bertz CT molecular complexity index is 937. The summed E-state index contributed by atoms with van der Waals surface area (Å²) in [4.78, 5) is 27.1. The van der Waals surface area contributed by atoms with E-state index >= 15 is 0 Å². The Morgan fingerprint density at radius 3 is 2.61 bits per heavy atom. The van der Waals surface area contributed by atoms with Gasteiger partial charge in [0.2, 0.25) is 5.91 Å². The summed E-state index contributed by atoms with van der Waals surface area (Å²) >= 11 is 0. The molecule has 2 aromatic rings. The van der Waals surface area contributed by atoms with Gasteiger partial charge in [0.1, 0.15) is 5.75 Å². The molecular weight excluding hydrogens is 392 g/mol. The van der Waals surface area contributed by atoms with E-state index in [4.69, 9.17) is 9.47 Å². The van der Waals surface area contributed by atoms with Gasteiger partial charge in [-0.25, -0.2) is 0 Å². The van der Waals surface area contributed by atoms with Crippen molar-refractivity contribution >= 4 is 11.8 Å². The molecule has 6 nitrogen and oxygen atoms in total. The van der Waals surface area contributed by atoms with Crippen LogP contribution < -0.4 is 10.1 Å². The summed E-state index contributed by atoms with van der Waals surface area (Å²) in [5.74, 6) is 0.874. The van der Waals surface area contributed by atoms with E-state index in [2.05, 4.69) is 42.6 Å². The average molecular weight is 423 g/mol. The SMILES string of the molecule is COCCNC(=O)COc1ccc2c(c1)C(c1ccc(C)cc1)N(C(=O)C1CC1)CC2. The van der Waals surface area contributed by atoms with Crippen molar-refractivity contribution in [3.8, 4) is 5.75 Å². The van der Waals surface area contributed by atoms with E-state index in [9.17, 15) is 9.59 Å². The number of carbonyl (C=O) groups is 2. The van der Waals surface area contributed by atoms with Crippen LogP contribution in [0.5, 0.6) is 5.75 Å². The van der Waals surface area contributed by atoms with Gasteiger partial charge in [0.25, 0.3) is 5.91 Å². The number of methoxy groups -OCH3 is 1. The van der Waals surface area contributed by atoms with Gasteiger partial charge in [-0.3, -0.25) is 9.59 Å². The molecule has 0 bridgehead atoms. The summed E-state index contributed by atoms with van der Waals surface area (Å²) in [7, 11) is 1.59. The fraction of sp³-hybridized carbons (Fsp3) is 0.440. The molecule has 1 unspecified atom stereocenters. The van der Waals surface area contributed by atoms with Crippen LogP contribution >= 0.6 is 0 Å². The van der Waals surface area contributed by atoms with E-state index in [0.717, 1.165) is 36.9 Å².